The molecule has 0 aromatic heterocycles. The molecule has 71 heavy (non-hydrogen) atoms. The standard InChI is InChI=1S/C61H106O10/c1-3-5-7-9-11-13-15-17-19-21-23-25-27-29-31-33-35-37-39-41-43-45-47-49-56(63)68-52-54(53-69-61-60(67)59(66)58(65)55(51-62)71-61)70-57(64)50-48-46-44-42-40-38-36-34-32-30-28-26-24-22-20-18-16-14-12-10-8-6-4-2/h6,8,12,14-15,17-18,20-21,23-24,26,54-55,58-62,65-67H,3-5,7,9-11,13,16,19,22,25,27-53H2,1-2H3/b8-6-,14-12-,17-15-,20-18-,23-21-,26-24-. The van der Waals surface area contributed by atoms with Crippen LogP contribution in [0.2, 0.25) is 0 Å². The van der Waals surface area contributed by atoms with Crippen molar-refractivity contribution < 1.29 is 49.0 Å². The molecule has 10 heteroatoms. The molecule has 0 aromatic carbocycles. The molecular weight excluding hydrogens is 893 g/mol. The second-order valence-electron chi connectivity index (χ2n) is 19.7. The highest BCUT2D eigenvalue weighted by Crippen LogP contribution is 2.23. The first-order valence-electron chi connectivity index (χ1n) is 29.0. The third kappa shape index (κ3) is 41.2. The minimum absolute atomic E-state index is 0.222. The quantitative estimate of drug-likeness (QED) is 0.0263. The van der Waals surface area contributed by atoms with Gasteiger partial charge in [0.05, 0.1) is 13.2 Å². The van der Waals surface area contributed by atoms with Crippen LogP contribution in [0.4, 0.5) is 0 Å². The summed E-state index contributed by atoms with van der Waals surface area (Å²) in [5, 5.41) is 40.3. The Morgan fingerprint density at radius 3 is 1.25 bits per heavy atom. The van der Waals surface area contributed by atoms with Crippen molar-refractivity contribution in [3.05, 3.63) is 72.9 Å². The Balaban J connectivity index is 2.21. The molecule has 1 fully saturated rings. The van der Waals surface area contributed by atoms with E-state index in [0.29, 0.717) is 6.42 Å². The molecule has 1 aliphatic rings. The minimum Gasteiger partial charge on any atom is -0.462 e. The fourth-order valence-corrected chi connectivity index (χ4v) is 8.56. The van der Waals surface area contributed by atoms with Gasteiger partial charge in [0, 0.05) is 12.8 Å². The summed E-state index contributed by atoms with van der Waals surface area (Å²) in [6.45, 7) is 3.32. The Labute approximate surface area is 433 Å². The molecule has 0 bridgehead atoms. The van der Waals surface area contributed by atoms with Crippen molar-refractivity contribution in [1.82, 2.24) is 0 Å². The molecule has 10 nitrogen and oxygen atoms in total. The number of carbonyl (C=O) groups excluding carboxylic acids is 2. The first kappa shape index (κ1) is 66.2. The van der Waals surface area contributed by atoms with Crippen LogP contribution in [0.1, 0.15) is 245 Å². The number of aliphatic hydroxyl groups excluding tert-OH is 4. The van der Waals surface area contributed by atoms with Gasteiger partial charge in [-0.1, -0.05) is 222 Å². The number of carbonyl (C=O) groups is 2. The van der Waals surface area contributed by atoms with E-state index in [4.69, 9.17) is 18.9 Å². The van der Waals surface area contributed by atoms with E-state index in [-0.39, 0.29) is 32.0 Å². The first-order chi connectivity index (χ1) is 34.8. The largest absolute Gasteiger partial charge is 0.462 e. The summed E-state index contributed by atoms with van der Waals surface area (Å²) in [6.07, 6.45) is 59.1. The molecule has 410 valence electrons. The van der Waals surface area contributed by atoms with Crippen LogP contribution in [0.25, 0.3) is 0 Å². The topological polar surface area (TPSA) is 152 Å². The van der Waals surface area contributed by atoms with Crippen LogP contribution in [0.15, 0.2) is 72.9 Å². The van der Waals surface area contributed by atoms with Gasteiger partial charge in [-0.05, 0) is 83.5 Å². The molecule has 0 aliphatic carbocycles. The van der Waals surface area contributed by atoms with E-state index in [9.17, 15) is 30.0 Å². The fraction of sp³-hybridized carbons (Fsp3) is 0.770. The van der Waals surface area contributed by atoms with Gasteiger partial charge in [-0.15, -0.1) is 0 Å². The Hall–Kier alpha value is -2.86. The SMILES string of the molecule is CC/C=C\C/C=C\C/C=C\C/C=C\CCCCCCCCCCCCC(=O)OC(COC(=O)CCCCCCCCCCCCC/C=C\C/C=C\CCCCCCC)COC1OC(CO)C(O)C(O)C1O. The highest BCUT2D eigenvalue weighted by atomic mass is 16.7. The van der Waals surface area contributed by atoms with E-state index in [1.807, 2.05) is 0 Å². The van der Waals surface area contributed by atoms with Gasteiger partial charge < -0.3 is 39.4 Å². The van der Waals surface area contributed by atoms with Gasteiger partial charge in [0.2, 0.25) is 0 Å². The molecule has 0 amide bonds. The summed E-state index contributed by atoms with van der Waals surface area (Å²) in [6, 6.07) is 0. The Morgan fingerprint density at radius 1 is 0.451 bits per heavy atom. The van der Waals surface area contributed by atoms with Gasteiger partial charge in [-0.3, -0.25) is 9.59 Å². The van der Waals surface area contributed by atoms with Crippen LogP contribution in [0, 0.1) is 0 Å². The Kier molecular flexibility index (Phi) is 47.2. The molecular formula is C61H106O10. The van der Waals surface area contributed by atoms with Crippen LogP contribution in [-0.2, 0) is 28.5 Å². The van der Waals surface area contributed by atoms with Crippen molar-refractivity contribution in [2.24, 2.45) is 0 Å². The number of hydrogen-bond acceptors (Lipinski definition) is 10. The maximum atomic E-state index is 12.9. The van der Waals surface area contributed by atoms with Gasteiger partial charge in [0.15, 0.2) is 12.4 Å². The van der Waals surface area contributed by atoms with Gasteiger partial charge >= 0.3 is 11.9 Å². The number of aliphatic hydroxyl groups is 4. The molecule has 0 radical (unpaired) electrons. The predicted molar refractivity (Wildman–Crippen MR) is 293 cm³/mol. The fourth-order valence-electron chi connectivity index (χ4n) is 8.56. The molecule has 1 aliphatic heterocycles. The van der Waals surface area contributed by atoms with Crippen molar-refractivity contribution in [2.75, 3.05) is 19.8 Å². The summed E-state index contributed by atoms with van der Waals surface area (Å²) in [5.74, 6) is -0.810. The molecule has 6 unspecified atom stereocenters. The van der Waals surface area contributed by atoms with E-state index < -0.39 is 49.4 Å². The molecule has 4 N–H and O–H groups in total. The van der Waals surface area contributed by atoms with Crippen LogP contribution in [0.3, 0.4) is 0 Å². The number of esters is 2. The third-order valence-electron chi connectivity index (χ3n) is 13.1. The van der Waals surface area contributed by atoms with Crippen molar-refractivity contribution in [3.63, 3.8) is 0 Å². The lowest BCUT2D eigenvalue weighted by atomic mass is 9.99. The zero-order valence-electron chi connectivity index (χ0n) is 45.2. The van der Waals surface area contributed by atoms with Crippen LogP contribution in [-0.4, -0.2) is 89.0 Å². The van der Waals surface area contributed by atoms with Crippen LogP contribution in [0.5, 0.6) is 0 Å². The number of unbranched alkanes of at least 4 members (excludes halogenated alkanes) is 26. The first-order valence-corrected chi connectivity index (χ1v) is 29.0. The summed E-state index contributed by atoms with van der Waals surface area (Å²) < 4.78 is 22.3. The third-order valence-corrected chi connectivity index (χ3v) is 13.1. The molecule has 1 saturated heterocycles. The molecule has 0 saturated carbocycles. The zero-order valence-corrected chi connectivity index (χ0v) is 45.2. The number of allylic oxidation sites excluding steroid dienone is 12. The Bertz CT molecular complexity index is 1390. The lowest BCUT2D eigenvalue weighted by Crippen LogP contribution is -2.59. The summed E-state index contributed by atoms with van der Waals surface area (Å²) in [4.78, 5) is 25.6. The maximum Gasteiger partial charge on any atom is 0.306 e. The monoisotopic (exact) mass is 999 g/mol. The average molecular weight is 1000 g/mol. The second kappa shape index (κ2) is 50.7. The molecule has 0 aromatic rings. The normalized spacial score (nSPS) is 19.2. The predicted octanol–water partition coefficient (Wildman–Crippen LogP) is 14.7. The van der Waals surface area contributed by atoms with Gasteiger partial charge in [-0.25, -0.2) is 0 Å². The summed E-state index contributed by atoms with van der Waals surface area (Å²) >= 11 is 0. The highest BCUT2D eigenvalue weighted by molar-refractivity contribution is 5.70. The smallest absolute Gasteiger partial charge is 0.306 e. The van der Waals surface area contributed by atoms with Gasteiger partial charge in [0.25, 0.3) is 0 Å². The van der Waals surface area contributed by atoms with Gasteiger partial charge in [0.1, 0.15) is 31.0 Å². The lowest BCUT2D eigenvalue weighted by Gasteiger charge is -2.39. The molecule has 1 heterocycles. The molecule has 6 atom stereocenters. The molecule has 1 rings (SSSR count). The average Bonchev–Trinajstić information content (AvgIpc) is 3.37. The lowest BCUT2D eigenvalue weighted by molar-refractivity contribution is -0.305. The van der Waals surface area contributed by atoms with Crippen molar-refractivity contribution in [3.8, 4) is 0 Å². The summed E-state index contributed by atoms with van der Waals surface area (Å²) in [7, 11) is 0. The summed E-state index contributed by atoms with van der Waals surface area (Å²) in [5.41, 5.74) is 0. The van der Waals surface area contributed by atoms with E-state index in [2.05, 4.69) is 86.8 Å². The number of hydrogen-bond donors (Lipinski definition) is 4. The van der Waals surface area contributed by atoms with Crippen LogP contribution >= 0.6 is 0 Å². The van der Waals surface area contributed by atoms with Crippen LogP contribution < -0.4 is 0 Å². The number of ether oxygens (including phenoxy) is 4. The van der Waals surface area contributed by atoms with E-state index in [1.54, 1.807) is 0 Å². The minimum atomic E-state index is -1.60. The maximum absolute atomic E-state index is 12.9. The van der Waals surface area contributed by atoms with E-state index in [0.717, 1.165) is 83.5 Å². The van der Waals surface area contributed by atoms with Crippen molar-refractivity contribution in [2.45, 2.75) is 282 Å². The van der Waals surface area contributed by atoms with E-state index >= 15 is 0 Å². The highest BCUT2D eigenvalue weighted by Gasteiger charge is 2.44. The Morgan fingerprint density at radius 2 is 0.831 bits per heavy atom. The number of rotatable bonds is 49. The second-order valence-corrected chi connectivity index (χ2v) is 19.7. The van der Waals surface area contributed by atoms with E-state index in [1.165, 1.54) is 128 Å². The van der Waals surface area contributed by atoms with Crippen molar-refractivity contribution in [1.29, 1.82) is 0 Å². The molecule has 0 spiro atoms. The zero-order chi connectivity index (χ0) is 51.5. The van der Waals surface area contributed by atoms with Crippen molar-refractivity contribution >= 4 is 11.9 Å². The van der Waals surface area contributed by atoms with Gasteiger partial charge in [-0.2, -0.15) is 0 Å².